The SMILES string of the molecule is CCOC(=O)c1nc(N(CC)CC)sc1C(C)=O. The zero-order chi connectivity index (χ0) is 13.7. The van der Waals surface area contributed by atoms with E-state index in [1.54, 1.807) is 6.92 Å². The lowest BCUT2D eigenvalue weighted by atomic mass is 10.3. The number of nitrogens with zero attached hydrogens (tertiary/aromatic N) is 2. The van der Waals surface area contributed by atoms with Crippen molar-refractivity contribution in [2.24, 2.45) is 0 Å². The summed E-state index contributed by atoms with van der Waals surface area (Å²) < 4.78 is 4.91. The van der Waals surface area contributed by atoms with Crippen LogP contribution in [0.1, 0.15) is 47.9 Å². The quantitative estimate of drug-likeness (QED) is 0.586. The molecule has 0 aliphatic heterocycles. The largest absolute Gasteiger partial charge is 0.461 e. The Morgan fingerprint density at radius 2 is 1.89 bits per heavy atom. The minimum absolute atomic E-state index is 0.135. The Morgan fingerprint density at radius 3 is 2.33 bits per heavy atom. The van der Waals surface area contributed by atoms with E-state index in [2.05, 4.69) is 4.98 Å². The molecular formula is C12H18N2O3S. The van der Waals surface area contributed by atoms with Gasteiger partial charge in [0.1, 0.15) is 4.88 Å². The van der Waals surface area contributed by atoms with Gasteiger partial charge in [-0.05, 0) is 20.8 Å². The van der Waals surface area contributed by atoms with Gasteiger partial charge in [0.2, 0.25) is 0 Å². The van der Waals surface area contributed by atoms with Gasteiger partial charge in [0.05, 0.1) is 6.61 Å². The van der Waals surface area contributed by atoms with E-state index in [4.69, 9.17) is 4.74 Å². The average Bonchev–Trinajstić information content (AvgIpc) is 2.76. The Kier molecular flexibility index (Phi) is 5.27. The number of thiazole rings is 1. The molecule has 0 unspecified atom stereocenters. The second kappa shape index (κ2) is 6.49. The number of ether oxygens (including phenoxy) is 1. The van der Waals surface area contributed by atoms with E-state index in [1.165, 1.54) is 18.3 Å². The maximum Gasteiger partial charge on any atom is 0.358 e. The third-order valence-corrected chi connectivity index (χ3v) is 3.66. The van der Waals surface area contributed by atoms with E-state index < -0.39 is 5.97 Å². The lowest BCUT2D eigenvalue weighted by molar-refractivity contribution is 0.0517. The number of esters is 1. The van der Waals surface area contributed by atoms with Crippen LogP contribution < -0.4 is 4.90 Å². The van der Waals surface area contributed by atoms with E-state index >= 15 is 0 Å². The molecule has 0 atom stereocenters. The molecule has 1 aromatic heterocycles. The number of carbonyl (C=O) groups excluding carboxylic acids is 2. The molecular weight excluding hydrogens is 252 g/mol. The van der Waals surface area contributed by atoms with E-state index in [0.717, 1.165) is 13.1 Å². The molecule has 1 heterocycles. The van der Waals surface area contributed by atoms with Gasteiger partial charge in [0.15, 0.2) is 16.6 Å². The predicted octanol–water partition coefficient (Wildman–Crippen LogP) is 2.37. The molecule has 0 radical (unpaired) electrons. The summed E-state index contributed by atoms with van der Waals surface area (Å²) in [4.78, 5) is 29.9. The van der Waals surface area contributed by atoms with Gasteiger partial charge < -0.3 is 9.64 Å². The van der Waals surface area contributed by atoms with Crippen LogP contribution in [-0.4, -0.2) is 36.4 Å². The van der Waals surface area contributed by atoms with Crippen LogP contribution in [0.15, 0.2) is 0 Å². The molecule has 18 heavy (non-hydrogen) atoms. The number of rotatable bonds is 6. The van der Waals surface area contributed by atoms with Gasteiger partial charge in [-0.3, -0.25) is 4.79 Å². The Morgan fingerprint density at radius 1 is 1.28 bits per heavy atom. The molecule has 5 nitrogen and oxygen atoms in total. The topological polar surface area (TPSA) is 59.5 Å². The maximum absolute atomic E-state index is 11.7. The van der Waals surface area contributed by atoms with Crippen molar-refractivity contribution >= 4 is 28.2 Å². The van der Waals surface area contributed by atoms with Gasteiger partial charge in [-0.15, -0.1) is 0 Å². The lowest BCUT2D eigenvalue weighted by Gasteiger charge is -2.16. The van der Waals surface area contributed by atoms with Crippen molar-refractivity contribution in [3.8, 4) is 0 Å². The second-order valence-corrected chi connectivity index (χ2v) is 4.60. The molecule has 0 aliphatic carbocycles. The van der Waals surface area contributed by atoms with E-state index in [0.29, 0.717) is 10.0 Å². The highest BCUT2D eigenvalue weighted by atomic mass is 32.1. The molecule has 1 aromatic rings. The summed E-state index contributed by atoms with van der Waals surface area (Å²) in [6.07, 6.45) is 0. The van der Waals surface area contributed by atoms with Crippen LogP contribution in [0.3, 0.4) is 0 Å². The molecule has 100 valence electrons. The minimum Gasteiger partial charge on any atom is -0.461 e. The second-order valence-electron chi connectivity index (χ2n) is 3.62. The molecule has 0 fully saturated rings. The fourth-order valence-corrected chi connectivity index (χ4v) is 2.59. The molecule has 0 spiro atoms. The molecule has 6 heteroatoms. The molecule has 0 N–H and O–H groups in total. The Balaban J connectivity index is 3.16. The predicted molar refractivity (Wildman–Crippen MR) is 71.6 cm³/mol. The van der Waals surface area contributed by atoms with Gasteiger partial charge >= 0.3 is 5.97 Å². The van der Waals surface area contributed by atoms with Gasteiger partial charge in [-0.1, -0.05) is 11.3 Å². The normalized spacial score (nSPS) is 10.2. The first kappa shape index (κ1) is 14.6. The first-order valence-electron chi connectivity index (χ1n) is 5.98. The standard InChI is InChI=1S/C12H18N2O3S/c1-5-14(6-2)12-13-9(11(16)17-7-3)10(18-12)8(4)15/h5-7H2,1-4H3. The molecule has 0 amide bonds. The summed E-state index contributed by atoms with van der Waals surface area (Å²) in [5.74, 6) is -0.689. The van der Waals surface area contributed by atoms with Crippen LogP contribution in [0.4, 0.5) is 5.13 Å². The highest BCUT2D eigenvalue weighted by Crippen LogP contribution is 2.27. The smallest absolute Gasteiger partial charge is 0.358 e. The van der Waals surface area contributed by atoms with Crippen molar-refractivity contribution < 1.29 is 14.3 Å². The molecule has 0 aliphatic rings. The van der Waals surface area contributed by atoms with Crippen molar-refractivity contribution in [2.45, 2.75) is 27.7 Å². The number of ketones is 1. The number of carbonyl (C=O) groups is 2. The van der Waals surface area contributed by atoms with Crippen molar-refractivity contribution in [1.29, 1.82) is 0 Å². The average molecular weight is 270 g/mol. The van der Waals surface area contributed by atoms with E-state index in [9.17, 15) is 9.59 Å². The number of anilines is 1. The molecule has 0 saturated heterocycles. The summed E-state index contributed by atoms with van der Waals surface area (Å²) in [6.45, 7) is 9.00. The first-order valence-corrected chi connectivity index (χ1v) is 6.80. The molecule has 0 aromatic carbocycles. The van der Waals surface area contributed by atoms with Crippen molar-refractivity contribution in [3.05, 3.63) is 10.6 Å². The molecule has 0 saturated carbocycles. The van der Waals surface area contributed by atoms with Crippen LogP contribution in [0.2, 0.25) is 0 Å². The van der Waals surface area contributed by atoms with Crippen molar-refractivity contribution in [3.63, 3.8) is 0 Å². The zero-order valence-electron chi connectivity index (χ0n) is 11.1. The maximum atomic E-state index is 11.7. The Bertz CT molecular complexity index is 439. The molecule has 1 rings (SSSR count). The van der Waals surface area contributed by atoms with E-state index in [1.807, 2.05) is 18.7 Å². The Hall–Kier alpha value is -1.43. The minimum atomic E-state index is -0.530. The Labute approximate surface area is 111 Å². The van der Waals surface area contributed by atoms with Gasteiger partial charge in [-0.25, -0.2) is 9.78 Å². The lowest BCUT2D eigenvalue weighted by Crippen LogP contribution is -2.21. The number of Topliss-reactive ketones (excluding diaryl/α,β-unsaturated/α-hetero) is 1. The first-order chi connectivity index (χ1) is 8.54. The third kappa shape index (κ3) is 3.07. The van der Waals surface area contributed by atoms with Crippen LogP contribution in [0, 0.1) is 0 Å². The fraction of sp³-hybridized carbons (Fsp3) is 0.583. The zero-order valence-corrected chi connectivity index (χ0v) is 12.0. The third-order valence-electron chi connectivity index (χ3n) is 2.44. The summed E-state index contributed by atoms with van der Waals surface area (Å²) in [7, 11) is 0. The summed E-state index contributed by atoms with van der Waals surface area (Å²) in [5.41, 5.74) is 0.135. The monoisotopic (exact) mass is 270 g/mol. The van der Waals surface area contributed by atoms with E-state index in [-0.39, 0.29) is 18.1 Å². The highest BCUT2D eigenvalue weighted by Gasteiger charge is 2.23. The molecule has 0 bridgehead atoms. The van der Waals surface area contributed by atoms with Crippen molar-refractivity contribution in [2.75, 3.05) is 24.6 Å². The highest BCUT2D eigenvalue weighted by molar-refractivity contribution is 7.17. The van der Waals surface area contributed by atoms with Crippen LogP contribution in [0.25, 0.3) is 0 Å². The fourth-order valence-electron chi connectivity index (χ4n) is 1.51. The summed E-state index contributed by atoms with van der Waals surface area (Å²) >= 11 is 1.24. The van der Waals surface area contributed by atoms with Crippen LogP contribution in [-0.2, 0) is 4.74 Å². The van der Waals surface area contributed by atoms with Crippen LogP contribution >= 0.6 is 11.3 Å². The number of hydrogen-bond acceptors (Lipinski definition) is 6. The van der Waals surface area contributed by atoms with Gasteiger partial charge in [-0.2, -0.15) is 0 Å². The van der Waals surface area contributed by atoms with Crippen LogP contribution in [0.5, 0.6) is 0 Å². The number of hydrogen-bond donors (Lipinski definition) is 0. The van der Waals surface area contributed by atoms with Gasteiger partial charge in [0, 0.05) is 20.0 Å². The van der Waals surface area contributed by atoms with Crippen molar-refractivity contribution in [1.82, 2.24) is 4.98 Å². The summed E-state index contributed by atoms with van der Waals surface area (Å²) in [6, 6.07) is 0. The summed E-state index contributed by atoms with van der Waals surface area (Å²) in [5, 5.41) is 0.688. The van der Waals surface area contributed by atoms with Gasteiger partial charge in [0.25, 0.3) is 0 Å². The number of aromatic nitrogens is 1.